The molecule has 0 saturated carbocycles. The van der Waals surface area contributed by atoms with Crippen molar-refractivity contribution in [2.45, 2.75) is 26.3 Å². The van der Waals surface area contributed by atoms with E-state index in [1.54, 1.807) is 7.11 Å². The van der Waals surface area contributed by atoms with E-state index in [0.717, 1.165) is 26.2 Å². The third-order valence-corrected chi connectivity index (χ3v) is 3.80. The maximum atomic E-state index is 5.29. The quantitative estimate of drug-likeness (QED) is 0.853. The van der Waals surface area contributed by atoms with Crippen LogP contribution in [0.25, 0.3) is 0 Å². The molecule has 0 amide bonds. The number of hydrogen-bond acceptors (Lipinski definition) is 3. The normalized spacial score (nSPS) is 19.7. The topological polar surface area (TPSA) is 24.5 Å². The highest BCUT2D eigenvalue weighted by Gasteiger charge is 2.19. The fourth-order valence-electron chi connectivity index (χ4n) is 2.77. The Balaban J connectivity index is 1.93. The standard InChI is InChI=1S/C16H26N2O/c1-3-17-11-14-6-8-16(9-7-14)18-10-4-5-15(12-18)13-19-2/h6-9,15,17H,3-5,10-13H2,1-2H3. The van der Waals surface area contributed by atoms with Gasteiger partial charge in [0.1, 0.15) is 0 Å². The van der Waals surface area contributed by atoms with Crippen LogP contribution in [0.5, 0.6) is 0 Å². The zero-order valence-corrected chi connectivity index (χ0v) is 12.2. The smallest absolute Gasteiger partial charge is 0.0507 e. The molecule has 1 saturated heterocycles. The van der Waals surface area contributed by atoms with Crippen LogP contribution < -0.4 is 10.2 Å². The van der Waals surface area contributed by atoms with Gasteiger partial charge < -0.3 is 15.0 Å². The van der Waals surface area contributed by atoms with Crippen LogP contribution in [0, 0.1) is 5.92 Å². The lowest BCUT2D eigenvalue weighted by atomic mass is 9.98. The van der Waals surface area contributed by atoms with Crippen LogP contribution in [0.1, 0.15) is 25.3 Å². The predicted octanol–water partition coefficient (Wildman–Crippen LogP) is 2.66. The summed E-state index contributed by atoms with van der Waals surface area (Å²) in [5, 5.41) is 3.36. The highest BCUT2D eigenvalue weighted by atomic mass is 16.5. The Morgan fingerprint density at radius 2 is 2.11 bits per heavy atom. The second-order valence-corrected chi connectivity index (χ2v) is 5.36. The number of benzene rings is 1. The van der Waals surface area contributed by atoms with Gasteiger partial charge in [-0.1, -0.05) is 19.1 Å². The molecule has 1 aromatic rings. The van der Waals surface area contributed by atoms with Crippen molar-refractivity contribution in [3.05, 3.63) is 29.8 Å². The summed E-state index contributed by atoms with van der Waals surface area (Å²) in [6.07, 6.45) is 2.57. The van der Waals surface area contributed by atoms with E-state index in [1.165, 1.54) is 30.6 Å². The molecule has 1 atom stereocenters. The Bertz CT molecular complexity index is 362. The van der Waals surface area contributed by atoms with Crippen molar-refractivity contribution in [1.82, 2.24) is 5.32 Å². The summed E-state index contributed by atoms with van der Waals surface area (Å²) in [4.78, 5) is 2.49. The summed E-state index contributed by atoms with van der Waals surface area (Å²) >= 11 is 0. The molecule has 106 valence electrons. The SMILES string of the molecule is CCNCc1ccc(N2CCCC(COC)C2)cc1. The third kappa shape index (κ3) is 4.22. The van der Waals surface area contributed by atoms with Crippen molar-refractivity contribution in [1.29, 1.82) is 0 Å². The largest absolute Gasteiger partial charge is 0.384 e. The van der Waals surface area contributed by atoms with Crippen LogP contribution in [0.2, 0.25) is 0 Å². The number of anilines is 1. The van der Waals surface area contributed by atoms with Crippen molar-refractivity contribution in [3.8, 4) is 0 Å². The second-order valence-electron chi connectivity index (χ2n) is 5.36. The predicted molar refractivity (Wildman–Crippen MR) is 80.6 cm³/mol. The van der Waals surface area contributed by atoms with Gasteiger partial charge in [0.2, 0.25) is 0 Å². The van der Waals surface area contributed by atoms with Gasteiger partial charge in [0.05, 0.1) is 6.61 Å². The summed E-state index contributed by atoms with van der Waals surface area (Å²) in [5.41, 5.74) is 2.71. The highest BCUT2D eigenvalue weighted by molar-refractivity contribution is 5.48. The molecule has 1 unspecified atom stereocenters. The van der Waals surface area contributed by atoms with Crippen LogP contribution in [-0.2, 0) is 11.3 Å². The number of rotatable bonds is 6. The van der Waals surface area contributed by atoms with Crippen LogP contribution >= 0.6 is 0 Å². The van der Waals surface area contributed by atoms with Crippen molar-refractivity contribution in [3.63, 3.8) is 0 Å². The first kappa shape index (κ1) is 14.4. The lowest BCUT2D eigenvalue weighted by Gasteiger charge is -2.34. The Hall–Kier alpha value is -1.06. The third-order valence-electron chi connectivity index (χ3n) is 3.80. The number of hydrogen-bond donors (Lipinski definition) is 1. The molecule has 0 radical (unpaired) electrons. The van der Waals surface area contributed by atoms with E-state index >= 15 is 0 Å². The maximum Gasteiger partial charge on any atom is 0.0507 e. The van der Waals surface area contributed by atoms with Gasteiger partial charge >= 0.3 is 0 Å². The molecular formula is C16H26N2O. The van der Waals surface area contributed by atoms with E-state index < -0.39 is 0 Å². The van der Waals surface area contributed by atoms with E-state index in [9.17, 15) is 0 Å². The first-order valence-corrected chi connectivity index (χ1v) is 7.37. The van der Waals surface area contributed by atoms with E-state index in [2.05, 4.69) is 41.4 Å². The first-order chi connectivity index (χ1) is 9.33. The van der Waals surface area contributed by atoms with Gasteiger partial charge in [-0.25, -0.2) is 0 Å². The zero-order chi connectivity index (χ0) is 13.5. The van der Waals surface area contributed by atoms with Crippen molar-refractivity contribution < 1.29 is 4.74 Å². The van der Waals surface area contributed by atoms with Crippen LogP contribution in [0.4, 0.5) is 5.69 Å². The van der Waals surface area contributed by atoms with E-state index in [-0.39, 0.29) is 0 Å². The van der Waals surface area contributed by atoms with E-state index in [4.69, 9.17) is 4.74 Å². The van der Waals surface area contributed by atoms with Gasteiger partial charge in [-0.2, -0.15) is 0 Å². The van der Waals surface area contributed by atoms with Gasteiger partial charge in [-0.15, -0.1) is 0 Å². The average Bonchev–Trinajstić information content (AvgIpc) is 2.46. The van der Waals surface area contributed by atoms with Crippen molar-refractivity contribution >= 4 is 5.69 Å². The van der Waals surface area contributed by atoms with Crippen LogP contribution in [-0.4, -0.2) is 33.4 Å². The molecule has 1 aromatic carbocycles. The van der Waals surface area contributed by atoms with Gasteiger partial charge in [0.15, 0.2) is 0 Å². The Morgan fingerprint density at radius 1 is 1.32 bits per heavy atom. The minimum Gasteiger partial charge on any atom is -0.384 e. The molecule has 3 nitrogen and oxygen atoms in total. The molecule has 1 fully saturated rings. The lowest BCUT2D eigenvalue weighted by Crippen LogP contribution is -2.37. The number of ether oxygens (including phenoxy) is 1. The minimum absolute atomic E-state index is 0.681. The Labute approximate surface area is 116 Å². The molecular weight excluding hydrogens is 236 g/mol. The molecule has 0 aromatic heterocycles. The molecule has 1 N–H and O–H groups in total. The fraction of sp³-hybridized carbons (Fsp3) is 0.625. The molecule has 19 heavy (non-hydrogen) atoms. The molecule has 0 bridgehead atoms. The van der Waals surface area contributed by atoms with Crippen LogP contribution in [0.3, 0.4) is 0 Å². The molecule has 1 heterocycles. The van der Waals surface area contributed by atoms with E-state index in [1.807, 2.05) is 0 Å². The van der Waals surface area contributed by atoms with Gasteiger partial charge in [-0.3, -0.25) is 0 Å². The summed E-state index contributed by atoms with van der Waals surface area (Å²) in [6.45, 7) is 7.30. The number of nitrogens with zero attached hydrogens (tertiary/aromatic N) is 1. The monoisotopic (exact) mass is 262 g/mol. The van der Waals surface area contributed by atoms with Gasteiger partial charge in [0.25, 0.3) is 0 Å². The number of methoxy groups -OCH3 is 1. The minimum atomic E-state index is 0.681. The highest BCUT2D eigenvalue weighted by Crippen LogP contribution is 2.23. The maximum absolute atomic E-state index is 5.29. The zero-order valence-electron chi connectivity index (χ0n) is 12.2. The second kappa shape index (κ2) is 7.51. The molecule has 1 aliphatic heterocycles. The summed E-state index contributed by atoms with van der Waals surface area (Å²) in [7, 11) is 1.80. The molecule has 2 rings (SSSR count). The molecule has 0 spiro atoms. The number of nitrogens with one attached hydrogen (secondary N) is 1. The fourth-order valence-corrected chi connectivity index (χ4v) is 2.77. The number of piperidine rings is 1. The lowest BCUT2D eigenvalue weighted by molar-refractivity contribution is 0.143. The van der Waals surface area contributed by atoms with Crippen molar-refractivity contribution in [2.24, 2.45) is 5.92 Å². The first-order valence-electron chi connectivity index (χ1n) is 7.37. The van der Waals surface area contributed by atoms with E-state index in [0.29, 0.717) is 5.92 Å². The average molecular weight is 262 g/mol. The summed E-state index contributed by atoms with van der Waals surface area (Å²) in [5.74, 6) is 0.681. The van der Waals surface area contributed by atoms with Crippen LogP contribution in [0.15, 0.2) is 24.3 Å². The Kier molecular flexibility index (Phi) is 5.67. The van der Waals surface area contributed by atoms with Crippen molar-refractivity contribution in [2.75, 3.05) is 38.3 Å². The van der Waals surface area contributed by atoms with Gasteiger partial charge in [-0.05, 0) is 43.0 Å². The summed E-state index contributed by atoms with van der Waals surface area (Å²) < 4.78 is 5.29. The molecule has 1 aliphatic rings. The molecule has 0 aliphatic carbocycles. The summed E-state index contributed by atoms with van der Waals surface area (Å²) in [6, 6.07) is 8.97. The van der Waals surface area contributed by atoms with Gasteiger partial charge in [0, 0.05) is 32.4 Å². The Morgan fingerprint density at radius 3 is 2.79 bits per heavy atom. The molecule has 3 heteroatoms.